The number of amides is 1. The van der Waals surface area contributed by atoms with E-state index in [-0.39, 0.29) is 5.91 Å². The summed E-state index contributed by atoms with van der Waals surface area (Å²) >= 11 is 0. The molecule has 0 rings (SSSR count). The molecule has 0 saturated heterocycles. The Morgan fingerprint density at radius 2 is 2.00 bits per heavy atom. The van der Waals surface area contributed by atoms with E-state index in [1.807, 2.05) is 0 Å². The molecule has 1 amide bonds. The molecule has 72 valence electrons. The molecule has 0 aromatic carbocycles. The molecule has 3 nitrogen and oxygen atoms in total. The Morgan fingerprint density at radius 1 is 1.42 bits per heavy atom. The summed E-state index contributed by atoms with van der Waals surface area (Å²) in [5.41, 5.74) is 0. The van der Waals surface area contributed by atoms with Crippen LogP contribution in [0.5, 0.6) is 0 Å². The van der Waals surface area contributed by atoms with E-state index in [2.05, 4.69) is 19.2 Å². The topological polar surface area (TPSA) is 49.3 Å². The van der Waals surface area contributed by atoms with Crippen molar-refractivity contribution in [2.45, 2.75) is 39.2 Å². The van der Waals surface area contributed by atoms with E-state index in [0.29, 0.717) is 12.3 Å². The van der Waals surface area contributed by atoms with Gasteiger partial charge in [-0.15, -0.1) is 0 Å². The molecule has 0 spiro atoms. The van der Waals surface area contributed by atoms with Gasteiger partial charge in [0.25, 0.3) is 0 Å². The SMILES string of the molecule is CNC(=O)C(O)CCCC(C)C. The van der Waals surface area contributed by atoms with Crippen molar-refractivity contribution in [2.24, 2.45) is 5.92 Å². The number of hydrogen-bond donors (Lipinski definition) is 2. The number of hydrogen-bond acceptors (Lipinski definition) is 2. The molecule has 0 aromatic heterocycles. The van der Waals surface area contributed by atoms with E-state index in [1.54, 1.807) is 0 Å². The third-order valence-electron chi connectivity index (χ3n) is 1.81. The highest BCUT2D eigenvalue weighted by molar-refractivity contribution is 5.79. The summed E-state index contributed by atoms with van der Waals surface area (Å²) in [7, 11) is 1.54. The van der Waals surface area contributed by atoms with Gasteiger partial charge in [0, 0.05) is 7.05 Å². The van der Waals surface area contributed by atoms with Crippen LogP contribution in [-0.4, -0.2) is 24.2 Å². The number of carbonyl (C=O) groups is 1. The van der Waals surface area contributed by atoms with Crippen LogP contribution in [0.2, 0.25) is 0 Å². The van der Waals surface area contributed by atoms with Crippen molar-refractivity contribution in [1.82, 2.24) is 5.32 Å². The molecule has 0 aliphatic heterocycles. The van der Waals surface area contributed by atoms with Crippen LogP contribution in [0.4, 0.5) is 0 Å². The molecule has 0 radical (unpaired) electrons. The number of aliphatic hydroxyl groups excluding tert-OH is 1. The van der Waals surface area contributed by atoms with Gasteiger partial charge in [-0.25, -0.2) is 0 Å². The Kier molecular flexibility index (Phi) is 5.72. The van der Waals surface area contributed by atoms with E-state index < -0.39 is 6.10 Å². The molecule has 3 heteroatoms. The standard InChI is InChI=1S/C9H19NO2/c1-7(2)5-4-6-8(11)9(12)10-3/h7-8,11H,4-6H2,1-3H3,(H,10,12). The summed E-state index contributed by atoms with van der Waals surface area (Å²) in [6.45, 7) is 4.26. The minimum atomic E-state index is -0.825. The van der Waals surface area contributed by atoms with Crippen LogP contribution in [-0.2, 0) is 4.79 Å². The maximum absolute atomic E-state index is 10.8. The zero-order chi connectivity index (χ0) is 9.56. The first-order valence-electron chi connectivity index (χ1n) is 4.47. The van der Waals surface area contributed by atoms with E-state index in [4.69, 9.17) is 0 Å². The number of carbonyl (C=O) groups excluding carboxylic acids is 1. The average Bonchev–Trinajstić information content (AvgIpc) is 2.02. The second kappa shape index (κ2) is 6.00. The predicted molar refractivity (Wildman–Crippen MR) is 48.8 cm³/mol. The van der Waals surface area contributed by atoms with Crippen molar-refractivity contribution < 1.29 is 9.90 Å². The molecule has 0 bridgehead atoms. The lowest BCUT2D eigenvalue weighted by Crippen LogP contribution is -2.31. The molecule has 0 heterocycles. The van der Waals surface area contributed by atoms with Crippen LogP contribution in [0.25, 0.3) is 0 Å². The number of nitrogens with one attached hydrogen (secondary N) is 1. The average molecular weight is 173 g/mol. The van der Waals surface area contributed by atoms with Gasteiger partial charge in [0.1, 0.15) is 6.10 Å². The minimum absolute atomic E-state index is 0.279. The Labute approximate surface area is 74.2 Å². The largest absolute Gasteiger partial charge is 0.383 e. The molecular weight excluding hydrogens is 154 g/mol. The van der Waals surface area contributed by atoms with Gasteiger partial charge < -0.3 is 10.4 Å². The van der Waals surface area contributed by atoms with Crippen molar-refractivity contribution >= 4 is 5.91 Å². The zero-order valence-corrected chi connectivity index (χ0v) is 8.13. The highest BCUT2D eigenvalue weighted by Crippen LogP contribution is 2.08. The van der Waals surface area contributed by atoms with Gasteiger partial charge in [-0.1, -0.05) is 26.7 Å². The molecule has 0 aliphatic rings. The van der Waals surface area contributed by atoms with Gasteiger partial charge in [-0.05, 0) is 12.3 Å². The summed E-state index contributed by atoms with van der Waals surface area (Å²) in [5, 5.41) is 11.6. The van der Waals surface area contributed by atoms with E-state index >= 15 is 0 Å². The summed E-state index contributed by atoms with van der Waals surface area (Å²) in [6.07, 6.45) is 1.71. The second-order valence-corrected chi connectivity index (χ2v) is 3.45. The van der Waals surface area contributed by atoms with Crippen LogP contribution in [0, 0.1) is 5.92 Å². The first-order valence-corrected chi connectivity index (χ1v) is 4.47. The molecule has 0 fully saturated rings. The van der Waals surface area contributed by atoms with E-state index in [0.717, 1.165) is 12.8 Å². The summed E-state index contributed by atoms with van der Waals surface area (Å²) in [5.74, 6) is 0.362. The molecule has 0 aliphatic carbocycles. The molecule has 2 N–H and O–H groups in total. The van der Waals surface area contributed by atoms with Gasteiger partial charge >= 0.3 is 0 Å². The highest BCUT2D eigenvalue weighted by atomic mass is 16.3. The molecular formula is C9H19NO2. The summed E-state index contributed by atoms with van der Waals surface area (Å²) in [4.78, 5) is 10.8. The van der Waals surface area contributed by atoms with Crippen LogP contribution < -0.4 is 5.32 Å². The number of aliphatic hydroxyl groups is 1. The van der Waals surface area contributed by atoms with Crippen molar-refractivity contribution in [2.75, 3.05) is 7.05 Å². The number of rotatable bonds is 5. The van der Waals surface area contributed by atoms with Crippen molar-refractivity contribution in [3.63, 3.8) is 0 Å². The van der Waals surface area contributed by atoms with Crippen LogP contribution in [0.3, 0.4) is 0 Å². The summed E-state index contributed by atoms with van der Waals surface area (Å²) < 4.78 is 0. The Balaban J connectivity index is 3.43. The zero-order valence-electron chi connectivity index (χ0n) is 8.13. The van der Waals surface area contributed by atoms with Crippen molar-refractivity contribution in [1.29, 1.82) is 0 Å². The maximum atomic E-state index is 10.8. The lowest BCUT2D eigenvalue weighted by Gasteiger charge is -2.09. The van der Waals surface area contributed by atoms with E-state index in [1.165, 1.54) is 7.05 Å². The Hall–Kier alpha value is -0.570. The number of likely N-dealkylation sites (N-methyl/N-ethyl adjacent to an activating group) is 1. The van der Waals surface area contributed by atoms with Gasteiger partial charge in [0.05, 0.1) is 0 Å². The summed E-state index contributed by atoms with van der Waals surface area (Å²) in [6, 6.07) is 0. The fourth-order valence-electron chi connectivity index (χ4n) is 1.02. The fourth-order valence-corrected chi connectivity index (χ4v) is 1.02. The van der Waals surface area contributed by atoms with Crippen LogP contribution in [0.15, 0.2) is 0 Å². The molecule has 0 aromatic rings. The molecule has 0 saturated carbocycles. The second-order valence-electron chi connectivity index (χ2n) is 3.45. The molecule has 1 unspecified atom stereocenters. The minimum Gasteiger partial charge on any atom is -0.383 e. The maximum Gasteiger partial charge on any atom is 0.248 e. The smallest absolute Gasteiger partial charge is 0.248 e. The van der Waals surface area contributed by atoms with Crippen LogP contribution >= 0.6 is 0 Å². The Morgan fingerprint density at radius 3 is 2.42 bits per heavy atom. The lowest BCUT2D eigenvalue weighted by molar-refractivity contribution is -0.129. The van der Waals surface area contributed by atoms with Crippen molar-refractivity contribution in [3.8, 4) is 0 Å². The lowest BCUT2D eigenvalue weighted by atomic mass is 10.0. The highest BCUT2D eigenvalue weighted by Gasteiger charge is 2.11. The van der Waals surface area contributed by atoms with Gasteiger partial charge in [0.15, 0.2) is 0 Å². The third-order valence-corrected chi connectivity index (χ3v) is 1.81. The van der Waals surface area contributed by atoms with Gasteiger partial charge in [-0.2, -0.15) is 0 Å². The van der Waals surface area contributed by atoms with Gasteiger partial charge in [0.2, 0.25) is 5.91 Å². The van der Waals surface area contributed by atoms with E-state index in [9.17, 15) is 9.90 Å². The first kappa shape index (κ1) is 11.4. The third kappa shape index (κ3) is 5.13. The molecule has 1 atom stereocenters. The quantitative estimate of drug-likeness (QED) is 0.649. The Bertz CT molecular complexity index is 134. The van der Waals surface area contributed by atoms with Crippen molar-refractivity contribution in [3.05, 3.63) is 0 Å². The monoisotopic (exact) mass is 173 g/mol. The molecule has 12 heavy (non-hydrogen) atoms. The van der Waals surface area contributed by atoms with Crippen LogP contribution in [0.1, 0.15) is 33.1 Å². The first-order chi connectivity index (χ1) is 5.57. The fraction of sp³-hybridized carbons (Fsp3) is 0.889. The normalized spacial score (nSPS) is 13.1. The van der Waals surface area contributed by atoms with Gasteiger partial charge in [-0.3, -0.25) is 4.79 Å². The predicted octanol–water partition coefficient (Wildman–Crippen LogP) is 0.920.